The summed E-state index contributed by atoms with van der Waals surface area (Å²) < 4.78 is 2.43. The zero-order valence-corrected chi connectivity index (χ0v) is 19.9. The highest BCUT2D eigenvalue weighted by Crippen LogP contribution is 2.45. The van der Waals surface area contributed by atoms with Gasteiger partial charge in [-0.25, -0.2) is 4.98 Å². The van der Waals surface area contributed by atoms with Crippen molar-refractivity contribution in [3.05, 3.63) is 53.7 Å². The standard InChI is InChI=1S/C26H35N5O/c1-6-20(24-27-10-11-28-24)29-25(32)17-12-19-18-8-7-9-21-23(18)16(13-22(19)30(5)14-17)15-31(21)26(2,3)4/h7-11,15,17,19-20,22H,6,12-14H2,1-5H3,(H,27,28)(H,29,32)/t17-,19-,20?,22-/m1/s1. The third-order valence-electron chi connectivity index (χ3n) is 7.51. The summed E-state index contributed by atoms with van der Waals surface area (Å²) in [5.41, 5.74) is 4.23. The molecule has 2 aliphatic rings. The molecule has 1 amide bonds. The molecule has 6 heteroatoms. The van der Waals surface area contributed by atoms with Gasteiger partial charge in [-0.1, -0.05) is 19.1 Å². The summed E-state index contributed by atoms with van der Waals surface area (Å²) in [6.07, 6.45) is 8.69. The molecule has 0 radical (unpaired) electrons. The summed E-state index contributed by atoms with van der Waals surface area (Å²) in [5.74, 6) is 1.33. The van der Waals surface area contributed by atoms with Crippen LogP contribution in [0.15, 0.2) is 36.8 Å². The van der Waals surface area contributed by atoms with E-state index in [1.165, 1.54) is 22.0 Å². The van der Waals surface area contributed by atoms with Crippen LogP contribution in [0, 0.1) is 5.92 Å². The van der Waals surface area contributed by atoms with E-state index in [1.807, 2.05) is 6.20 Å². The van der Waals surface area contributed by atoms with Gasteiger partial charge in [0, 0.05) is 53.5 Å². The molecule has 0 bridgehead atoms. The van der Waals surface area contributed by atoms with E-state index in [0.717, 1.165) is 31.6 Å². The van der Waals surface area contributed by atoms with Crippen LogP contribution in [-0.2, 0) is 16.8 Å². The van der Waals surface area contributed by atoms with Crippen molar-refractivity contribution < 1.29 is 4.79 Å². The summed E-state index contributed by atoms with van der Waals surface area (Å²) in [7, 11) is 2.19. The Balaban J connectivity index is 1.45. The molecule has 5 rings (SSSR count). The van der Waals surface area contributed by atoms with Gasteiger partial charge in [0.25, 0.3) is 0 Å². The molecule has 2 N–H and O–H groups in total. The van der Waals surface area contributed by atoms with Crippen molar-refractivity contribution in [3.63, 3.8) is 0 Å². The fourth-order valence-corrected chi connectivity index (χ4v) is 5.91. The number of nitrogens with one attached hydrogen (secondary N) is 2. The van der Waals surface area contributed by atoms with Crippen molar-refractivity contribution in [3.8, 4) is 0 Å². The lowest BCUT2D eigenvalue weighted by Crippen LogP contribution is -2.51. The number of carbonyl (C=O) groups excluding carboxylic acids is 1. The third-order valence-corrected chi connectivity index (χ3v) is 7.51. The second-order valence-electron chi connectivity index (χ2n) is 10.6. The van der Waals surface area contributed by atoms with Crippen molar-refractivity contribution in [2.24, 2.45) is 5.92 Å². The largest absolute Gasteiger partial charge is 0.347 e. The number of amides is 1. The van der Waals surface area contributed by atoms with E-state index in [0.29, 0.717) is 12.0 Å². The summed E-state index contributed by atoms with van der Waals surface area (Å²) >= 11 is 0. The fourth-order valence-electron chi connectivity index (χ4n) is 5.91. The maximum Gasteiger partial charge on any atom is 0.225 e. The Hall–Kier alpha value is -2.60. The molecule has 1 fully saturated rings. The summed E-state index contributed by atoms with van der Waals surface area (Å²) in [6.45, 7) is 9.68. The molecule has 3 heterocycles. The quantitative estimate of drug-likeness (QED) is 0.643. The van der Waals surface area contributed by atoms with E-state index < -0.39 is 0 Å². The number of likely N-dealkylation sites (tertiary alicyclic amines) is 1. The number of fused-ring (bicyclic) bond motifs is 2. The van der Waals surface area contributed by atoms with E-state index in [-0.39, 0.29) is 23.4 Å². The van der Waals surface area contributed by atoms with E-state index in [4.69, 9.17) is 0 Å². The number of aromatic nitrogens is 3. The Morgan fingerprint density at radius 2 is 2.16 bits per heavy atom. The molecular weight excluding hydrogens is 398 g/mol. The molecule has 6 nitrogen and oxygen atoms in total. The van der Waals surface area contributed by atoms with Gasteiger partial charge in [-0.2, -0.15) is 0 Å². The lowest BCUT2D eigenvalue weighted by molar-refractivity contribution is -0.128. The van der Waals surface area contributed by atoms with Crippen LogP contribution < -0.4 is 5.32 Å². The molecule has 170 valence electrons. The molecule has 1 saturated heterocycles. The van der Waals surface area contributed by atoms with E-state index >= 15 is 0 Å². The molecule has 1 unspecified atom stereocenters. The van der Waals surface area contributed by atoms with Crippen molar-refractivity contribution in [1.82, 2.24) is 24.8 Å². The zero-order chi connectivity index (χ0) is 22.6. The highest BCUT2D eigenvalue weighted by Gasteiger charge is 2.42. The van der Waals surface area contributed by atoms with Gasteiger partial charge in [-0.15, -0.1) is 0 Å². The lowest BCUT2D eigenvalue weighted by Gasteiger charge is -2.45. The molecule has 1 aliphatic carbocycles. The van der Waals surface area contributed by atoms with Crippen molar-refractivity contribution in [2.75, 3.05) is 13.6 Å². The SMILES string of the molecule is CCC(NC(=O)[C@@H]1C[C@@H]2c3cccc4c3c(cn4C(C)(C)C)C[C@H]2N(C)C1)c1ncc[nH]1. The Bertz CT molecular complexity index is 1120. The lowest BCUT2D eigenvalue weighted by atomic mass is 9.72. The maximum absolute atomic E-state index is 13.3. The first-order valence-electron chi connectivity index (χ1n) is 11.9. The molecule has 1 aliphatic heterocycles. The minimum Gasteiger partial charge on any atom is -0.347 e. The summed E-state index contributed by atoms with van der Waals surface area (Å²) in [5, 5.41) is 4.68. The molecule has 0 spiro atoms. The van der Waals surface area contributed by atoms with Gasteiger partial charge in [-0.05, 0) is 64.3 Å². The van der Waals surface area contributed by atoms with Crippen molar-refractivity contribution in [1.29, 1.82) is 0 Å². The van der Waals surface area contributed by atoms with Gasteiger partial charge >= 0.3 is 0 Å². The first kappa shape index (κ1) is 21.3. The number of imidazole rings is 1. The topological polar surface area (TPSA) is 66.0 Å². The van der Waals surface area contributed by atoms with Crippen LogP contribution >= 0.6 is 0 Å². The number of hydrogen-bond acceptors (Lipinski definition) is 3. The Morgan fingerprint density at radius 1 is 1.34 bits per heavy atom. The highest BCUT2D eigenvalue weighted by atomic mass is 16.2. The predicted octanol–water partition coefficient (Wildman–Crippen LogP) is 4.35. The van der Waals surface area contributed by atoms with Gasteiger partial charge in [0.1, 0.15) is 5.82 Å². The van der Waals surface area contributed by atoms with Gasteiger partial charge in [-0.3, -0.25) is 4.79 Å². The van der Waals surface area contributed by atoms with E-state index in [2.05, 4.69) is 83.9 Å². The minimum absolute atomic E-state index is 0.0215. The smallest absolute Gasteiger partial charge is 0.225 e. The van der Waals surface area contributed by atoms with Gasteiger partial charge in [0.05, 0.1) is 12.0 Å². The van der Waals surface area contributed by atoms with Gasteiger partial charge in [0.15, 0.2) is 0 Å². The number of aromatic amines is 1. The normalized spacial score (nSPS) is 24.3. The van der Waals surface area contributed by atoms with Crippen LogP contribution in [0.25, 0.3) is 10.9 Å². The average molecular weight is 434 g/mol. The fraction of sp³-hybridized carbons (Fsp3) is 0.538. The third kappa shape index (κ3) is 3.45. The molecule has 0 saturated carbocycles. The molecule has 4 atom stereocenters. The van der Waals surface area contributed by atoms with Crippen molar-refractivity contribution >= 4 is 16.8 Å². The van der Waals surface area contributed by atoms with Gasteiger partial charge in [0.2, 0.25) is 5.91 Å². The zero-order valence-electron chi connectivity index (χ0n) is 19.9. The molecular formula is C26H35N5O. The molecule has 32 heavy (non-hydrogen) atoms. The van der Waals surface area contributed by atoms with E-state index in [9.17, 15) is 4.79 Å². The molecule has 3 aromatic rings. The predicted molar refractivity (Wildman–Crippen MR) is 128 cm³/mol. The van der Waals surface area contributed by atoms with Crippen LogP contribution in [0.1, 0.15) is 69.4 Å². The number of likely N-dealkylation sites (N-methyl/N-ethyl adjacent to an activating group) is 1. The van der Waals surface area contributed by atoms with Crippen LogP contribution in [0.2, 0.25) is 0 Å². The Labute approximate surface area is 190 Å². The number of rotatable bonds is 4. The number of benzene rings is 1. The molecule has 2 aromatic heterocycles. The number of carbonyl (C=O) groups is 1. The van der Waals surface area contributed by atoms with E-state index in [1.54, 1.807) is 6.20 Å². The highest BCUT2D eigenvalue weighted by molar-refractivity contribution is 5.89. The molecule has 1 aromatic carbocycles. The van der Waals surface area contributed by atoms with Crippen LogP contribution in [-0.4, -0.2) is 45.0 Å². The summed E-state index contributed by atoms with van der Waals surface area (Å²) in [4.78, 5) is 23.2. The van der Waals surface area contributed by atoms with Crippen LogP contribution in [0.3, 0.4) is 0 Å². The number of nitrogens with zero attached hydrogens (tertiary/aromatic N) is 3. The first-order valence-corrected chi connectivity index (χ1v) is 11.9. The van der Waals surface area contributed by atoms with Gasteiger partial charge < -0.3 is 19.8 Å². The summed E-state index contributed by atoms with van der Waals surface area (Å²) in [6, 6.07) is 7.11. The maximum atomic E-state index is 13.3. The monoisotopic (exact) mass is 433 g/mol. The number of piperidine rings is 1. The number of hydrogen-bond donors (Lipinski definition) is 2. The minimum atomic E-state index is -0.0669. The Kier molecular flexibility index (Phi) is 5.16. The Morgan fingerprint density at radius 3 is 2.84 bits per heavy atom. The number of H-pyrrole nitrogens is 1. The second-order valence-corrected chi connectivity index (χ2v) is 10.6. The van der Waals surface area contributed by atoms with Crippen LogP contribution in [0.4, 0.5) is 0 Å². The van der Waals surface area contributed by atoms with Crippen molar-refractivity contribution in [2.45, 2.75) is 70.5 Å². The second kappa shape index (κ2) is 7.77. The van der Waals surface area contributed by atoms with Crippen LogP contribution in [0.5, 0.6) is 0 Å². The average Bonchev–Trinajstić information content (AvgIpc) is 3.41. The first-order chi connectivity index (χ1) is 15.3.